The molecule has 1 atom stereocenters. The molecule has 32 heavy (non-hydrogen) atoms. The number of amides is 1. The Bertz CT molecular complexity index is 1020. The zero-order valence-electron chi connectivity index (χ0n) is 18.6. The molecule has 1 fully saturated rings. The molecule has 1 N–H and O–H groups in total. The van der Waals surface area contributed by atoms with E-state index in [1.165, 1.54) is 22.5 Å². The Morgan fingerprint density at radius 1 is 1.09 bits per heavy atom. The van der Waals surface area contributed by atoms with E-state index in [4.69, 9.17) is 4.74 Å². The summed E-state index contributed by atoms with van der Waals surface area (Å²) in [6.07, 6.45) is 0. The number of halogens is 1. The lowest BCUT2D eigenvalue weighted by Gasteiger charge is -2.34. The van der Waals surface area contributed by atoms with E-state index >= 15 is 0 Å². The number of nitrogens with one attached hydrogen (secondary N) is 1. The molecule has 7 nitrogen and oxygen atoms in total. The second-order valence-corrected chi connectivity index (χ2v) is 10.1. The van der Waals surface area contributed by atoms with Crippen molar-refractivity contribution in [1.82, 2.24) is 14.5 Å². The molecule has 1 amide bonds. The van der Waals surface area contributed by atoms with Gasteiger partial charge in [0.1, 0.15) is 11.6 Å². The molecule has 2 aromatic carbocycles. The van der Waals surface area contributed by atoms with Gasteiger partial charge in [-0.2, -0.15) is 4.31 Å². The molecule has 1 unspecified atom stereocenters. The lowest BCUT2D eigenvalue weighted by Crippen LogP contribution is -2.51. The first-order valence-corrected chi connectivity index (χ1v) is 12.1. The van der Waals surface area contributed by atoms with E-state index in [1.54, 1.807) is 7.11 Å². The quantitative estimate of drug-likeness (QED) is 0.651. The Kier molecular flexibility index (Phi) is 7.86. The van der Waals surface area contributed by atoms with Gasteiger partial charge in [0.25, 0.3) is 0 Å². The van der Waals surface area contributed by atoms with Gasteiger partial charge in [-0.25, -0.2) is 12.8 Å². The number of benzene rings is 2. The third-order valence-electron chi connectivity index (χ3n) is 5.59. The molecule has 3 rings (SSSR count). The highest BCUT2D eigenvalue weighted by molar-refractivity contribution is 7.89. The fourth-order valence-corrected chi connectivity index (χ4v) is 5.23. The van der Waals surface area contributed by atoms with Crippen molar-refractivity contribution in [2.75, 3.05) is 39.8 Å². The summed E-state index contributed by atoms with van der Waals surface area (Å²) in [6.45, 7) is 5.63. The molecule has 2 aromatic rings. The van der Waals surface area contributed by atoms with Gasteiger partial charge in [-0.15, -0.1) is 0 Å². The second-order valence-electron chi connectivity index (χ2n) is 8.20. The third-order valence-corrected chi connectivity index (χ3v) is 7.49. The number of ether oxygens (including phenoxy) is 1. The number of sulfonamides is 1. The molecule has 1 aliphatic heterocycles. The minimum atomic E-state index is -3.75. The minimum Gasteiger partial charge on any atom is -0.497 e. The first-order chi connectivity index (χ1) is 15.2. The predicted molar refractivity (Wildman–Crippen MR) is 120 cm³/mol. The van der Waals surface area contributed by atoms with Crippen LogP contribution in [-0.2, 0) is 14.8 Å². The number of hydrogen-bond donors (Lipinski definition) is 1. The average Bonchev–Trinajstić information content (AvgIpc) is 2.78. The van der Waals surface area contributed by atoms with Gasteiger partial charge in [0, 0.05) is 26.2 Å². The molecule has 0 aromatic heterocycles. The van der Waals surface area contributed by atoms with Crippen LogP contribution in [0.15, 0.2) is 53.4 Å². The molecular weight excluding hydrogens is 433 g/mol. The Morgan fingerprint density at radius 3 is 2.31 bits per heavy atom. The SMILES string of the molecule is COc1ccc(C(NC(=O)CN2CCN(S(=O)(=O)c3cccc(F)c3)CC2)C(C)C)cc1. The van der Waals surface area contributed by atoms with E-state index in [2.05, 4.69) is 5.32 Å². The van der Waals surface area contributed by atoms with Crippen LogP contribution in [0, 0.1) is 11.7 Å². The topological polar surface area (TPSA) is 79.0 Å². The van der Waals surface area contributed by atoms with E-state index in [9.17, 15) is 17.6 Å². The summed E-state index contributed by atoms with van der Waals surface area (Å²) in [5, 5.41) is 3.10. The highest BCUT2D eigenvalue weighted by atomic mass is 32.2. The third kappa shape index (κ3) is 5.85. The van der Waals surface area contributed by atoms with Crippen molar-refractivity contribution < 1.29 is 22.3 Å². The van der Waals surface area contributed by atoms with Crippen molar-refractivity contribution in [3.8, 4) is 5.75 Å². The molecule has 0 aliphatic carbocycles. The van der Waals surface area contributed by atoms with Crippen molar-refractivity contribution in [1.29, 1.82) is 0 Å². The Hall–Kier alpha value is -2.49. The van der Waals surface area contributed by atoms with Crippen LogP contribution in [0.4, 0.5) is 4.39 Å². The Labute approximate surface area is 189 Å². The zero-order chi connectivity index (χ0) is 23.3. The normalized spacial score (nSPS) is 16.7. The summed E-state index contributed by atoms with van der Waals surface area (Å²) >= 11 is 0. The maximum atomic E-state index is 13.4. The number of hydrogen-bond acceptors (Lipinski definition) is 5. The number of nitrogens with zero attached hydrogens (tertiary/aromatic N) is 2. The van der Waals surface area contributed by atoms with Crippen LogP contribution in [0.3, 0.4) is 0 Å². The van der Waals surface area contributed by atoms with Gasteiger partial charge in [-0.1, -0.05) is 32.0 Å². The van der Waals surface area contributed by atoms with E-state index in [0.717, 1.165) is 17.4 Å². The van der Waals surface area contributed by atoms with Crippen LogP contribution >= 0.6 is 0 Å². The van der Waals surface area contributed by atoms with Crippen LogP contribution < -0.4 is 10.1 Å². The second kappa shape index (κ2) is 10.4. The monoisotopic (exact) mass is 463 g/mol. The summed E-state index contributed by atoms with van der Waals surface area (Å²) in [5.74, 6) is 0.258. The number of carbonyl (C=O) groups is 1. The maximum Gasteiger partial charge on any atom is 0.243 e. The van der Waals surface area contributed by atoms with Crippen LogP contribution in [0.5, 0.6) is 5.75 Å². The predicted octanol–water partition coefficient (Wildman–Crippen LogP) is 2.65. The van der Waals surface area contributed by atoms with Crippen LogP contribution in [0.25, 0.3) is 0 Å². The molecule has 0 saturated carbocycles. The van der Waals surface area contributed by atoms with Crippen molar-refractivity contribution in [3.63, 3.8) is 0 Å². The molecular formula is C23H30FN3O4S. The lowest BCUT2D eigenvalue weighted by atomic mass is 9.96. The minimum absolute atomic E-state index is 0.0528. The number of piperazine rings is 1. The molecule has 1 saturated heterocycles. The van der Waals surface area contributed by atoms with Crippen molar-refractivity contribution >= 4 is 15.9 Å². The van der Waals surface area contributed by atoms with Gasteiger partial charge < -0.3 is 10.1 Å². The van der Waals surface area contributed by atoms with Crippen LogP contribution in [0.1, 0.15) is 25.5 Å². The van der Waals surface area contributed by atoms with Crippen LogP contribution in [0.2, 0.25) is 0 Å². The fraction of sp³-hybridized carbons (Fsp3) is 0.435. The molecule has 174 valence electrons. The fourth-order valence-electron chi connectivity index (χ4n) is 3.77. The smallest absolute Gasteiger partial charge is 0.243 e. The van der Waals surface area contributed by atoms with Gasteiger partial charge in [-0.05, 0) is 41.8 Å². The summed E-state index contributed by atoms with van der Waals surface area (Å²) < 4.78 is 45.5. The van der Waals surface area contributed by atoms with Gasteiger partial charge in [0.2, 0.25) is 15.9 Å². The summed E-state index contributed by atoms with van der Waals surface area (Å²) in [5.41, 5.74) is 1.00. The van der Waals surface area contributed by atoms with Gasteiger partial charge in [0.05, 0.1) is 24.6 Å². The highest BCUT2D eigenvalue weighted by Crippen LogP contribution is 2.24. The first kappa shape index (κ1) is 24.2. The van der Waals surface area contributed by atoms with E-state index in [-0.39, 0.29) is 42.4 Å². The largest absolute Gasteiger partial charge is 0.497 e. The van der Waals surface area contributed by atoms with Crippen molar-refractivity contribution in [3.05, 3.63) is 59.9 Å². The number of rotatable bonds is 8. The average molecular weight is 464 g/mol. The molecule has 0 bridgehead atoms. The summed E-state index contributed by atoms with van der Waals surface area (Å²) in [7, 11) is -2.14. The highest BCUT2D eigenvalue weighted by Gasteiger charge is 2.29. The first-order valence-electron chi connectivity index (χ1n) is 10.6. The van der Waals surface area contributed by atoms with Gasteiger partial charge in [0.15, 0.2) is 0 Å². The molecule has 1 heterocycles. The zero-order valence-corrected chi connectivity index (χ0v) is 19.4. The maximum absolute atomic E-state index is 13.4. The summed E-state index contributed by atoms with van der Waals surface area (Å²) in [4.78, 5) is 14.6. The van der Waals surface area contributed by atoms with Gasteiger partial charge >= 0.3 is 0 Å². The van der Waals surface area contributed by atoms with E-state index in [0.29, 0.717) is 13.1 Å². The Morgan fingerprint density at radius 2 is 1.75 bits per heavy atom. The molecule has 1 aliphatic rings. The lowest BCUT2D eigenvalue weighted by molar-refractivity contribution is -0.123. The molecule has 9 heteroatoms. The van der Waals surface area contributed by atoms with Crippen molar-refractivity contribution in [2.24, 2.45) is 5.92 Å². The number of methoxy groups -OCH3 is 1. The number of carbonyl (C=O) groups excluding carboxylic acids is 1. The van der Waals surface area contributed by atoms with Crippen LogP contribution in [-0.4, -0.2) is 63.4 Å². The van der Waals surface area contributed by atoms with Gasteiger partial charge in [-0.3, -0.25) is 9.69 Å². The molecule has 0 spiro atoms. The van der Waals surface area contributed by atoms with E-state index in [1.807, 2.05) is 43.0 Å². The standard InChI is InChI=1S/C23H30FN3O4S/c1-17(2)23(18-7-9-20(31-3)10-8-18)25-22(28)16-26-11-13-27(14-12-26)32(29,30)21-6-4-5-19(24)15-21/h4-10,15,17,23H,11-14,16H2,1-3H3,(H,25,28). The van der Waals surface area contributed by atoms with Crippen molar-refractivity contribution in [2.45, 2.75) is 24.8 Å². The Balaban J connectivity index is 1.56. The van der Waals surface area contributed by atoms with E-state index < -0.39 is 15.8 Å². The molecule has 0 radical (unpaired) electrons. The summed E-state index contributed by atoms with van der Waals surface area (Å²) in [6, 6.07) is 12.5.